The zero-order valence-electron chi connectivity index (χ0n) is 11.5. The molecule has 2 rings (SSSR count). The molecule has 6 nitrogen and oxygen atoms in total. The molecule has 7 heteroatoms. The van der Waals surface area contributed by atoms with Gasteiger partial charge in [-0.2, -0.15) is 0 Å². The first-order valence-electron chi connectivity index (χ1n) is 6.10. The van der Waals surface area contributed by atoms with E-state index in [2.05, 4.69) is 31.2 Å². The lowest BCUT2D eigenvalue weighted by Crippen LogP contribution is -2.27. The fourth-order valence-corrected chi connectivity index (χ4v) is 2.06. The summed E-state index contributed by atoms with van der Waals surface area (Å²) in [6.45, 7) is 5.62. The molecule has 1 heterocycles. The summed E-state index contributed by atoms with van der Waals surface area (Å²) in [4.78, 5) is 28.3. The molecule has 20 heavy (non-hydrogen) atoms. The van der Waals surface area contributed by atoms with E-state index in [0.717, 1.165) is 0 Å². The average Bonchev–Trinajstić information content (AvgIpc) is 2.65. The monoisotopic (exact) mass is 341 g/mol. The van der Waals surface area contributed by atoms with E-state index >= 15 is 0 Å². The number of aromatic nitrogens is 2. The number of fused-ring (bicyclic) bond motifs is 1. The lowest BCUT2D eigenvalue weighted by atomic mass is 10.2. The number of hydrogen-bond acceptors (Lipinski definition) is 3. The van der Waals surface area contributed by atoms with Crippen LogP contribution < -0.4 is 11.0 Å². The molecule has 3 N–H and O–H groups in total. The summed E-state index contributed by atoms with van der Waals surface area (Å²) >= 11 is 3.35. The highest BCUT2D eigenvalue weighted by atomic mass is 79.9. The second kappa shape index (κ2) is 5.41. The molecule has 0 unspecified atom stereocenters. The molecule has 1 aromatic heterocycles. The zero-order valence-corrected chi connectivity index (χ0v) is 13.1. The molecule has 2 aromatic rings. The highest BCUT2D eigenvalue weighted by molar-refractivity contribution is 9.10. The quantitative estimate of drug-likeness (QED) is 0.800. The normalized spacial score (nSPS) is 11.8. The topological polar surface area (TPSA) is 87.0 Å². The van der Waals surface area contributed by atoms with Gasteiger partial charge >= 0.3 is 5.69 Å². The van der Waals surface area contributed by atoms with E-state index in [-0.39, 0.29) is 23.8 Å². The molecule has 0 aliphatic carbocycles. The summed E-state index contributed by atoms with van der Waals surface area (Å²) in [5.41, 5.74) is 1.22. The van der Waals surface area contributed by atoms with Gasteiger partial charge in [0.1, 0.15) is 6.61 Å². The fourth-order valence-electron chi connectivity index (χ4n) is 1.62. The van der Waals surface area contributed by atoms with Crippen LogP contribution in [0.1, 0.15) is 20.8 Å². The van der Waals surface area contributed by atoms with Crippen molar-refractivity contribution in [2.75, 3.05) is 11.9 Å². The van der Waals surface area contributed by atoms with Crippen LogP contribution in [0.15, 0.2) is 21.4 Å². The summed E-state index contributed by atoms with van der Waals surface area (Å²) < 4.78 is 6.09. The van der Waals surface area contributed by atoms with Gasteiger partial charge in [-0.3, -0.25) is 4.79 Å². The molecule has 0 radical (unpaired) electrons. The van der Waals surface area contributed by atoms with Gasteiger partial charge in [-0.25, -0.2) is 4.79 Å². The molecule has 0 spiro atoms. The number of imidazole rings is 1. The van der Waals surface area contributed by atoms with Gasteiger partial charge in [-0.05, 0) is 48.8 Å². The third-order valence-electron chi connectivity index (χ3n) is 2.51. The van der Waals surface area contributed by atoms with Gasteiger partial charge in [0, 0.05) is 4.47 Å². The summed E-state index contributed by atoms with van der Waals surface area (Å²) in [6.07, 6.45) is 0. The Bertz CT molecular complexity index is 697. The Labute approximate surface area is 124 Å². The third kappa shape index (κ3) is 3.71. The van der Waals surface area contributed by atoms with Crippen LogP contribution in [0.3, 0.4) is 0 Å². The van der Waals surface area contributed by atoms with E-state index < -0.39 is 0 Å². The van der Waals surface area contributed by atoms with Gasteiger partial charge in [-0.15, -0.1) is 0 Å². The number of rotatable bonds is 3. The van der Waals surface area contributed by atoms with Crippen molar-refractivity contribution in [3.63, 3.8) is 0 Å². The molecule has 108 valence electrons. The number of ether oxygens (including phenoxy) is 1. The summed E-state index contributed by atoms with van der Waals surface area (Å²) in [5, 5.41) is 2.74. The molecule has 0 aliphatic heterocycles. The van der Waals surface area contributed by atoms with E-state index in [1.165, 1.54) is 0 Å². The Balaban J connectivity index is 2.14. The zero-order chi connectivity index (χ0) is 14.9. The van der Waals surface area contributed by atoms with E-state index in [1.54, 1.807) is 12.1 Å². The first-order valence-corrected chi connectivity index (χ1v) is 6.89. The number of H-pyrrole nitrogens is 2. The van der Waals surface area contributed by atoms with Gasteiger partial charge in [-0.1, -0.05) is 0 Å². The first-order chi connectivity index (χ1) is 9.24. The number of benzene rings is 1. The maximum absolute atomic E-state index is 11.8. The minimum absolute atomic E-state index is 0.0301. The molecule has 0 saturated carbocycles. The van der Waals surface area contributed by atoms with Crippen molar-refractivity contribution in [3.05, 3.63) is 27.1 Å². The van der Waals surface area contributed by atoms with E-state index in [1.807, 2.05) is 20.8 Å². The largest absolute Gasteiger partial charge is 0.366 e. The Kier molecular flexibility index (Phi) is 4.01. The lowest BCUT2D eigenvalue weighted by Gasteiger charge is -2.19. The number of nitrogens with one attached hydrogen (secondary N) is 3. The number of hydrogen-bond donors (Lipinski definition) is 3. The molecular weight excluding hydrogens is 326 g/mol. The molecule has 0 fully saturated rings. The predicted molar refractivity (Wildman–Crippen MR) is 81.0 cm³/mol. The van der Waals surface area contributed by atoms with Gasteiger partial charge in [0.25, 0.3) is 0 Å². The Morgan fingerprint density at radius 2 is 1.90 bits per heavy atom. The van der Waals surface area contributed by atoms with E-state index in [4.69, 9.17) is 4.74 Å². The smallest absolute Gasteiger partial charge is 0.323 e. The predicted octanol–water partition coefficient (Wildman–Crippen LogP) is 2.37. The summed E-state index contributed by atoms with van der Waals surface area (Å²) in [7, 11) is 0. The molecule has 0 bridgehead atoms. The van der Waals surface area contributed by atoms with Gasteiger partial charge in [0.2, 0.25) is 5.91 Å². The molecule has 1 aromatic carbocycles. The van der Waals surface area contributed by atoms with E-state index in [9.17, 15) is 9.59 Å². The molecule has 0 atom stereocenters. The van der Waals surface area contributed by atoms with Gasteiger partial charge < -0.3 is 20.0 Å². The van der Waals surface area contributed by atoms with Crippen LogP contribution in [-0.4, -0.2) is 28.1 Å². The third-order valence-corrected chi connectivity index (χ3v) is 3.17. The fraction of sp³-hybridized carbons (Fsp3) is 0.385. The maximum atomic E-state index is 11.8. The highest BCUT2D eigenvalue weighted by Crippen LogP contribution is 2.26. The Morgan fingerprint density at radius 3 is 2.50 bits per heavy atom. The van der Waals surface area contributed by atoms with Crippen molar-refractivity contribution in [1.82, 2.24) is 9.97 Å². The number of amides is 1. The number of aromatic amines is 2. The van der Waals surface area contributed by atoms with Gasteiger partial charge in [0.05, 0.1) is 22.3 Å². The van der Waals surface area contributed by atoms with Crippen molar-refractivity contribution >= 4 is 38.6 Å². The molecule has 0 aliphatic rings. The van der Waals surface area contributed by atoms with Crippen molar-refractivity contribution < 1.29 is 9.53 Å². The van der Waals surface area contributed by atoms with Crippen molar-refractivity contribution in [1.29, 1.82) is 0 Å². The summed E-state index contributed by atoms with van der Waals surface area (Å²) in [6, 6.07) is 3.42. The Hall–Kier alpha value is -1.60. The highest BCUT2D eigenvalue weighted by Gasteiger charge is 2.14. The summed E-state index contributed by atoms with van der Waals surface area (Å²) in [5.74, 6) is -0.252. The van der Waals surface area contributed by atoms with Crippen LogP contribution in [0.5, 0.6) is 0 Å². The van der Waals surface area contributed by atoms with Crippen LogP contribution >= 0.6 is 15.9 Å². The standard InChI is InChI=1S/C13H16BrN3O3/c1-13(2,3)20-6-11(18)15-8-5-10-9(4-7(8)14)16-12(19)17-10/h4-5H,6H2,1-3H3,(H,15,18)(H2,16,17,19). The second-order valence-corrected chi connectivity index (χ2v) is 6.26. The van der Waals surface area contributed by atoms with Crippen molar-refractivity contribution in [2.45, 2.75) is 26.4 Å². The van der Waals surface area contributed by atoms with E-state index in [0.29, 0.717) is 21.2 Å². The minimum atomic E-state index is -0.371. The SMILES string of the molecule is CC(C)(C)OCC(=O)Nc1cc2[nH]c(=O)[nH]c2cc1Br. The number of carbonyl (C=O) groups excluding carboxylic acids is 1. The lowest BCUT2D eigenvalue weighted by molar-refractivity contribution is -0.125. The Morgan fingerprint density at radius 1 is 1.30 bits per heavy atom. The number of anilines is 1. The maximum Gasteiger partial charge on any atom is 0.323 e. The van der Waals surface area contributed by atoms with Crippen LogP contribution in [0.4, 0.5) is 5.69 Å². The molecule has 0 saturated heterocycles. The van der Waals surface area contributed by atoms with Gasteiger partial charge in [0.15, 0.2) is 0 Å². The molecular formula is C13H16BrN3O3. The minimum Gasteiger partial charge on any atom is -0.366 e. The molecule has 1 amide bonds. The van der Waals surface area contributed by atoms with Crippen LogP contribution in [0.25, 0.3) is 11.0 Å². The average molecular weight is 342 g/mol. The van der Waals surface area contributed by atoms with Crippen molar-refractivity contribution in [3.8, 4) is 0 Å². The van der Waals surface area contributed by atoms with Crippen LogP contribution in [0.2, 0.25) is 0 Å². The first kappa shape index (κ1) is 14.8. The number of halogens is 1. The number of carbonyl (C=O) groups is 1. The van der Waals surface area contributed by atoms with Crippen LogP contribution in [0, 0.1) is 0 Å². The van der Waals surface area contributed by atoms with Crippen LogP contribution in [-0.2, 0) is 9.53 Å². The van der Waals surface area contributed by atoms with Crippen molar-refractivity contribution in [2.24, 2.45) is 0 Å². The second-order valence-electron chi connectivity index (χ2n) is 5.41.